The van der Waals surface area contributed by atoms with Crippen molar-refractivity contribution in [3.05, 3.63) is 48.0 Å². The molecule has 0 saturated heterocycles. The molecule has 2 heterocycles. The number of aromatic nitrogens is 2. The Bertz CT molecular complexity index is 729. The highest BCUT2D eigenvalue weighted by Gasteiger charge is 2.28. The molecule has 0 spiro atoms. The third-order valence-corrected chi connectivity index (χ3v) is 3.44. The van der Waals surface area contributed by atoms with E-state index in [9.17, 15) is 9.90 Å². The van der Waals surface area contributed by atoms with Gasteiger partial charge >= 0.3 is 5.97 Å². The summed E-state index contributed by atoms with van der Waals surface area (Å²) in [5, 5.41) is 10.7. The predicted molar refractivity (Wildman–Crippen MR) is 99.5 cm³/mol. The first kappa shape index (κ1) is 20.6. The minimum Gasteiger partial charge on any atom is -0.489 e. The van der Waals surface area contributed by atoms with Crippen molar-refractivity contribution >= 4 is 5.97 Å². The maximum absolute atomic E-state index is 11.5. The second-order valence-electron chi connectivity index (χ2n) is 6.65. The van der Waals surface area contributed by atoms with Gasteiger partial charge in [-0.15, -0.1) is 0 Å². The van der Waals surface area contributed by atoms with Crippen LogP contribution in [0, 0.1) is 0 Å². The summed E-state index contributed by atoms with van der Waals surface area (Å²) in [4.78, 5) is 20.0. The minimum atomic E-state index is -1.17. The highest BCUT2D eigenvalue weighted by Crippen LogP contribution is 2.31. The molecule has 7 heteroatoms. The van der Waals surface area contributed by atoms with Gasteiger partial charge in [0.15, 0.2) is 6.10 Å². The summed E-state index contributed by atoms with van der Waals surface area (Å²) in [7, 11) is 0. The van der Waals surface area contributed by atoms with Crippen molar-refractivity contribution in [2.75, 3.05) is 0 Å². The molecule has 146 valence electrons. The molecule has 0 saturated carbocycles. The quantitative estimate of drug-likeness (QED) is 0.708. The summed E-state index contributed by atoms with van der Waals surface area (Å²) < 4.78 is 16.4. The zero-order valence-corrected chi connectivity index (χ0v) is 16.2. The van der Waals surface area contributed by atoms with Crippen LogP contribution >= 0.6 is 0 Å². The van der Waals surface area contributed by atoms with Crippen LogP contribution < -0.4 is 9.47 Å². The monoisotopic (exact) mass is 374 g/mol. The molecule has 1 N–H and O–H groups in total. The molecule has 0 aromatic carbocycles. The lowest BCUT2D eigenvalue weighted by Gasteiger charge is -2.22. The largest absolute Gasteiger partial charge is 0.489 e. The Morgan fingerprint density at radius 1 is 0.889 bits per heavy atom. The zero-order chi connectivity index (χ0) is 20.0. The van der Waals surface area contributed by atoms with E-state index in [-0.39, 0.29) is 12.2 Å². The summed E-state index contributed by atoms with van der Waals surface area (Å²) in [6.07, 6.45) is 0.934. The van der Waals surface area contributed by atoms with E-state index in [0.717, 1.165) is 0 Å². The topological polar surface area (TPSA) is 90.8 Å². The van der Waals surface area contributed by atoms with E-state index in [2.05, 4.69) is 9.97 Å². The first-order valence-corrected chi connectivity index (χ1v) is 8.86. The van der Waals surface area contributed by atoms with Crippen LogP contribution in [0.15, 0.2) is 36.7 Å². The maximum Gasteiger partial charge on any atom is 0.303 e. The number of carbonyl (C=O) groups excluding carboxylic acids is 1. The van der Waals surface area contributed by atoms with Crippen molar-refractivity contribution in [2.45, 2.75) is 59.0 Å². The number of rotatable bonds is 8. The number of aliphatic hydroxyl groups is 1. The molecule has 7 nitrogen and oxygen atoms in total. The third-order valence-electron chi connectivity index (χ3n) is 3.44. The van der Waals surface area contributed by atoms with Crippen LogP contribution in [-0.4, -0.2) is 33.3 Å². The van der Waals surface area contributed by atoms with Crippen LogP contribution in [0.3, 0.4) is 0 Å². The normalized spacial score (nSPS) is 13.3. The van der Waals surface area contributed by atoms with Gasteiger partial charge in [-0.2, -0.15) is 0 Å². The number of aliphatic hydroxyl groups excluding tert-OH is 1. The fraction of sp³-hybridized carbons (Fsp3) is 0.450. The number of nitrogens with zero attached hydrogens (tertiary/aromatic N) is 2. The van der Waals surface area contributed by atoms with Crippen LogP contribution in [0.25, 0.3) is 0 Å². The highest BCUT2D eigenvalue weighted by molar-refractivity contribution is 5.66. The summed E-state index contributed by atoms with van der Waals surface area (Å²) in [6.45, 7) is 8.94. The second kappa shape index (κ2) is 9.32. The molecule has 0 aliphatic rings. The van der Waals surface area contributed by atoms with Crippen molar-refractivity contribution in [3.63, 3.8) is 0 Å². The standard InChI is InChI=1S/C20H26N2O5/c1-12(2)25-15-6-8-17(21-10-15)19(24)20(27-14(5)23)18-9-7-16(11-22-18)26-13(3)4/h6-13,19-20,24H,1-5H3. The van der Waals surface area contributed by atoms with Crippen LogP contribution in [0.1, 0.15) is 58.2 Å². The van der Waals surface area contributed by atoms with E-state index in [1.54, 1.807) is 24.3 Å². The van der Waals surface area contributed by atoms with Gasteiger partial charge in [-0.25, -0.2) is 0 Å². The molecule has 0 amide bonds. The van der Waals surface area contributed by atoms with Crippen LogP contribution in [0.5, 0.6) is 11.5 Å². The molecule has 0 bridgehead atoms. The van der Waals surface area contributed by atoms with Gasteiger partial charge < -0.3 is 19.3 Å². The Hall–Kier alpha value is -2.67. The number of hydrogen-bond donors (Lipinski definition) is 1. The molecule has 27 heavy (non-hydrogen) atoms. The molecule has 2 aromatic heterocycles. The first-order valence-electron chi connectivity index (χ1n) is 8.86. The summed E-state index contributed by atoms with van der Waals surface area (Å²) in [6, 6.07) is 6.72. The zero-order valence-electron chi connectivity index (χ0n) is 16.2. The average Bonchev–Trinajstić information content (AvgIpc) is 2.59. The molecule has 2 atom stereocenters. The number of ether oxygens (including phenoxy) is 3. The van der Waals surface area contributed by atoms with Gasteiger partial charge in [-0.05, 0) is 52.0 Å². The Morgan fingerprint density at radius 3 is 1.74 bits per heavy atom. The van der Waals surface area contributed by atoms with Crippen molar-refractivity contribution < 1.29 is 24.1 Å². The molecule has 0 radical (unpaired) electrons. The predicted octanol–water partition coefficient (Wildman–Crippen LogP) is 3.39. The minimum absolute atomic E-state index is 0.0169. The lowest BCUT2D eigenvalue weighted by molar-refractivity contribution is -0.153. The van der Waals surface area contributed by atoms with E-state index >= 15 is 0 Å². The average molecular weight is 374 g/mol. The third kappa shape index (κ3) is 6.21. The van der Waals surface area contributed by atoms with Gasteiger partial charge in [0, 0.05) is 6.92 Å². The van der Waals surface area contributed by atoms with Crippen LogP contribution in [-0.2, 0) is 9.53 Å². The Kier molecular flexibility index (Phi) is 7.12. The van der Waals surface area contributed by atoms with Crippen molar-refractivity contribution in [1.29, 1.82) is 0 Å². The van der Waals surface area contributed by atoms with E-state index in [1.807, 2.05) is 27.7 Å². The Labute approximate surface area is 159 Å². The fourth-order valence-corrected chi connectivity index (χ4v) is 2.43. The number of esters is 1. The smallest absolute Gasteiger partial charge is 0.303 e. The number of carbonyl (C=O) groups is 1. The molecule has 0 aliphatic carbocycles. The van der Waals surface area contributed by atoms with Crippen molar-refractivity contribution in [3.8, 4) is 11.5 Å². The summed E-state index contributed by atoms with van der Waals surface area (Å²) >= 11 is 0. The molecular formula is C20H26N2O5. The van der Waals surface area contributed by atoms with E-state index in [1.165, 1.54) is 19.3 Å². The SMILES string of the molecule is CC(=O)OC(c1ccc(OC(C)C)cn1)C(O)c1ccc(OC(C)C)cn1. The molecule has 2 aromatic rings. The Morgan fingerprint density at radius 2 is 1.37 bits per heavy atom. The Balaban J connectivity index is 2.23. The second-order valence-corrected chi connectivity index (χ2v) is 6.65. The van der Waals surface area contributed by atoms with Gasteiger partial charge in [-0.3, -0.25) is 14.8 Å². The fourth-order valence-electron chi connectivity index (χ4n) is 2.43. The van der Waals surface area contributed by atoms with Gasteiger partial charge in [-0.1, -0.05) is 0 Å². The number of pyridine rings is 2. The maximum atomic E-state index is 11.5. The van der Waals surface area contributed by atoms with Crippen molar-refractivity contribution in [1.82, 2.24) is 9.97 Å². The molecule has 0 aliphatic heterocycles. The lowest BCUT2D eigenvalue weighted by Crippen LogP contribution is -2.19. The summed E-state index contributed by atoms with van der Waals surface area (Å²) in [5.74, 6) is 0.666. The van der Waals surface area contributed by atoms with Gasteiger partial charge in [0.05, 0.1) is 36.0 Å². The molecule has 2 unspecified atom stereocenters. The van der Waals surface area contributed by atoms with Crippen LogP contribution in [0.4, 0.5) is 0 Å². The van der Waals surface area contributed by atoms with E-state index in [0.29, 0.717) is 22.9 Å². The lowest BCUT2D eigenvalue weighted by atomic mass is 10.1. The van der Waals surface area contributed by atoms with Gasteiger partial charge in [0.25, 0.3) is 0 Å². The molecular weight excluding hydrogens is 348 g/mol. The summed E-state index contributed by atoms with van der Waals surface area (Å²) in [5.41, 5.74) is 0.750. The highest BCUT2D eigenvalue weighted by atomic mass is 16.6. The van der Waals surface area contributed by atoms with Crippen LogP contribution in [0.2, 0.25) is 0 Å². The molecule has 0 fully saturated rings. The number of hydrogen-bond acceptors (Lipinski definition) is 7. The molecule has 2 rings (SSSR count). The van der Waals surface area contributed by atoms with E-state index < -0.39 is 18.2 Å². The first-order chi connectivity index (χ1) is 12.8. The van der Waals surface area contributed by atoms with Gasteiger partial charge in [0.1, 0.15) is 17.6 Å². The van der Waals surface area contributed by atoms with Gasteiger partial charge in [0.2, 0.25) is 0 Å². The van der Waals surface area contributed by atoms with E-state index in [4.69, 9.17) is 14.2 Å². The van der Waals surface area contributed by atoms with Crippen molar-refractivity contribution in [2.24, 2.45) is 0 Å².